The molecule has 0 amide bonds. The zero-order valence-corrected chi connectivity index (χ0v) is 23.5. The van der Waals surface area contributed by atoms with Crippen LogP contribution >= 0.6 is 10.0 Å². The highest BCUT2D eigenvalue weighted by atomic mass is 32.3. The van der Waals surface area contributed by atoms with Crippen LogP contribution in [0.25, 0.3) is 27.5 Å². The maximum atomic E-state index is 5.26. The summed E-state index contributed by atoms with van der Waals surface area (Å²) in [5, 5.41) is 3.63. The molecule has 0 N–H and O–H groups in total. The summed E-state index contributed by atoms with van der Waals surface area (Å²) in [6, 6.07) is 52.9. The first-order chi connectivity index (χ1) is 19.7. The van der Waals surface area contributed by atoms with Crippen LogP contribution in [0.2, 0.25) is 0 Å². The van der Waals surface area contributed by atoms with Gasteiger partial charge in [0.2, 0.25) is 0 Å². The van der Waals surface area contributed by atoms with Crippen molar-refractivity contribution < 1.29 is 0 Å². The van der Waals surface area contributed by atoms with Crippen molar-refractivity contribution in [3.05, 3.63) is 157 Å². The van der Waals surface area contributed by atoms with E-state index in [0.29, 0.717) is 0 Å². The van der Waals surface area contributed by atoms with Crippen molar-refractivity contribution in [1.82, 2.24) is 9.55 Å². The van der Waals surface area contributed by atoms with Gasteiger partial charge in [0.25, 0.3) is 0 Å². The molecule has 5 aromatic carbocycles. The smallest absolute Gasteiger partial charge is 0.0917 e. The van der Waals surface area contributed by atoms with Gasteiger partial charge in [-0.3, -0.25) is 0 Å². The van der Waals surface area contributed by atoms with Crippen LogP contribution in [0, 0.1) is 13.8 Å². The molecule has 2 nitrogen and oxygen atoms in total. The van der Waals surface area contributed by atoms with Gasteiger partial charge in [-0.1, -0.05) is 72.8 Å². The Morgan fingerprint density at radius 1 is 0.500 bits per heavy atom. The maximum Gasteiger partial charge on any atom is 0.0917 e. The molecular formula is C37H30N2S. The number of benzene rings is 5. The van der Waals surface area contributed by atoms with Gasteiger partial charge >= 0.3 is 0 Å². The Morgan fingerprint density at radius 3 is 1.73 bits per heavy atom. The molecule has 0 radical (unpaired) electrons. The Balaban J connectivity index is 1.62. The van der Waals surface area contributed by atoms with Gasteiger partial charge in [-0.05, 0) is 92.2 Å². The summed E-state index contributed by atoms with van der Waals surface area (Å²) in [4.78, 5) is 9.11. The molecule has 0 bridgehead atoms. The fourth-order valence-corrected chi connectivity index (χ4v) is 9.86. The number of hydrogen-bond donors (Lipinski definition) is 0. The van der Waals surface area contributed by atoms with Gasteiger partial charge in [0, 0.05) is 36.8 Å². The van der Waals surface area contributed by atoms with Crippen LogP contribution in [0.5, 0.6) is 0 Å². The van der Waals surface area contributed by atoms with Gasteiger partial charge in [0.1, 0.15) is 0 Å². The second kappa shape index (κ2) is 9.86. The molecule has 7 rings (SSSR count). The minimum Gasteiger partial charge on any atom is -0.309 e. The molecule has 3 heteroatoms. The number of hydrogen-bond acceptors (Lipinski definition) is 1. The first kappa shape index (κ1) is 24.4. The van der Waals surface area contributed by atoms with Crippen LogP contribution in [-0.2, 0) is 0 Å². The van der Waals surface area contributed by atoms with Crippen LogP contribution in [0.4, 0.5) is 0 Å². The first-order valence-corrected chi connectivity index (χ1v) is 15.3. The minimum absolute atomic E-state index is 1.04. The van der Waals surface area contributed by atoms with E-state index in [2.05, 4.69) is 164 Å². The molecule has 2 aromatic heterocycles. The number of pyridine rings is 1. The molecule has 0 unspecified atom stereocenters. The van der Waals surface area contributed by atoms with Crippen molar-refractivity contribution in [1.29, 1.82) is 0 Å². The van der Waals surface area contributed by atoms with Crippen molar-refractivity contribution >= 4 is 31.8 Å². The molecule has 0 aliphatic heterocycles. The summed E-state index contributed by atoms with van der Waals surface area (Å²) < 4.78 is 2.38. The predicted octanol–water partition coefficient (Wildman–Crippen LogP) is 10.1. The number of para-hydroxylation sites is 2. The van der Waals surface area contributed by atoms with E-state index in [1.807, 2.05) is 0 Å². The van der Waals surface area contributed by atoms with E-state index in [1.165, 1.54) is 47.7 Å². The predicted molar refractivity (Wildman–Crippen MR) is 168 cm³/mol. The van der Waals surface area contributed by atoms with Crippen molar-refractivity contribution in [2.24, 2.45) is 0 Å². The van der Waals surface area contributed by atoms with Crippen LogP contribution in [0.3, 0.4) is 0 Å². The summed E-state index contributed by atoms with van der Waals surface area (Å²) in [5.41, 5.74) is 5.86. The molecule has 0 aliphatic rings. The zero-order chi connectivity index (χ0) is 27.1. The molecular weight excluding hydrogens is 504 g/mol. The fourth-order valence-electron chi connectivity index (χ4n) is 5.98. The Bertz CT molecular complexity index is 1900. The molecule has 0 saturated heterocycles. The molecule has 0 saturated carbocycles. The number of aryl methyl sites for hydroxylation is 2. The third-order valence-corrected chi connectivity index (χ3v) is 11.3. The van der Waals surface area contributed by atoms with Gasteiger partial charge in [-0.25, -0.2) is 4.98 Å². The lowest BCUT2D eigenvalue weighted by Crippen LogP contribution is -2.08. The highest BCUT2D eigenvalue weighted by Crippen LogP contribution is 2.73. The van der Waals surface area contributed by atoms with E-state index in [1.54, 1.807) is 0 Å². The standard InChI is InChI=1S/C37H30N2S/c1-27-24-28(2)38-37(25-27)40(30-16-8-4-9-17-30,31-18-10-5-11-19-31)32-22-23-36-34(26-32)33-20-12-13-21-35(33)39(36)29-14-6-3-7-15-29/h3-26H,1-2H3. The van der Waals surface area contributed by atoms with Gasteiger partial charge in [0.05, 0.1) is 16.1 Å². The number of nitrogens with zero attached hydrogens (tertiary/aromatic N) is 2. The summed E-state index contributed by atoms with van der Waals surface area (Å²) >= 11 is 0. The SMILES string of the molecule is Cc1cc(C)nc(S(c2ccccc2)(c2ccccc2)c2ccc3c(c2)c2ccccc2n3-c2ccccc2)c1. The highest BCUT2D eigenvalue weighted by molar-refractivity contribution is 8.33. The van der Waals surface area contributed by atoms with E-state index in [4.69, 9.17) is 4.98 Å². The van der Waals surface area contributed by atoms with Crippen LogP contribution in [0.1, 0.15) is 11.3 Å². The van der Waals surface area contributed by atoms with Crippen LogP contribution in [-0.4, -0.2) is 9.55 Å². The normalized spacial score (nSPS) is 12.2. The Labute approximate surface area is 236 Å². The van der Waals surface area contributed by atoms with Gasteiger partial charge in [0.15, 0.2) is 0 Å². The zero-order valence-electron chi connectivity index (χ0n) is 22.7. The van der Waals surface area contributed by atoms with Crippen molar-refractivity contribution in [3.8, 4) is 5.69 Å². The highest BCUT2D eigenvalue weighted by Gasteiger charge is 2.35. The Morgan fingerprint density at radius 2 is 1.07 bits per heavy atom. The number of fused-ring (bicyclic) bond motifs is 3. The van der Waals surface area contributed by atoms with Gasteiger partial charge in [-0.15, -0.1) is 10.0 Å². The van der Waals surface area contributed by atoms with Crippen molar-refractivity contribution in [2.75, 3.05) is 0 Å². The molecule has 0 aliphatic carbocycles. The largest absolute Gasteiger partial charge is 0.309 e. The Kier molecular flexibility index (Phi) is 6.02. The van der Waals surface area contributed by atoms with E-state index in [-0.39, 0.29) is 0 Å². The quantitative estimate of drug-likeness (QED) is 0.215. The van der Waals surface area contributed by atoms with Gasteiger partial charge < -0.3 is 4.57 Å². The summed E-state index contributed by atoms with van der Waals surface area (Å²) in [6.45, 7) is 4.28. The Hall–Kier alpha value is -4.60. The molecule has 2 heterocycles. The minimum atomic E-state index is -1.89. The summed E-state index contributed by atoms with van der Waals surface area (Å²) in [6.07, 6.45) is 0. The first-order valence-electron chi connectivity index (χ1n) is 13.6. The van der Waals surface area contributed by atoms with E-state index in [9.17, 15) is 0 Å². The molecule has 7 aromatic rings. The van der Waals surface area contributed by atoms with Gasteiger partial charge in [-0.2, -0.15) is 0 Å². The lowest BCUT2D eigenvalue weighted by Gasteiger charge is -2.41. The molecule has 0 atom stereocenters. The molecule has 40 heavy (non-hydrogen) atoms. The maximum absolute atomic E-state index is 5.26. The second-order valence-electron chi connectivity index (χ2n) is 10.2. The monoisotopic (exact) mass is 534 g/mol. The summed E-state index contributed by atoms with van der Waals surface area (Å²) in [5.74, 6) is 0. The lowest BCUT2D eigenvalue weighted by atomic mass is 10.1. The van der Waals surface area contributed by atoms with Crippen molar-refractivity contribution in [2.45, 2.75) is 33.6 Å². The summed E-state index contributed by atoms with van der Waals surface area (Å²) in [7, 11) is -1.89. The van der Waals surface area contributed by atoms with Crippen LogP contribution in [0.15, 0.2) is 165 Å². The van der Waals surface area contributed by atoms with Crippen LogP contribution < -0.4 is 0 Å². The third kappa shape index (κ3) is 3.85. The van der Waals surface area contributed by atoms with E-state index >= 15 is 0 Å². The topological polar surface area (TPSA) is 17.8 Å². The average Bonchev–Trinajstić information content (AvgIpc) is 3.33. The third-order valence-electron chi connectivity index (χ3n) is 7.59. The van der Waals surface area contributed by atoms with E-state index in [0.717, 1.165) is 10.7 Å². The molecule has 0 spiro atoms. The van der Waals surface area contributed by atoms with Crippen molar-refractivity contribution in [3.63, 3.8) is 0 Å². The second-order valence-corrected chi connectivity index (χ2v) is 13.3. The fraction of sp³-hybridized carbons (Fsp3) is 0.0541. The number of rotatable bonds is 5. The molecule has 194 valence electrons. The average molecular weight is 535 g/mol. The number of aromatic nitrogens is 2. The van der Waals surface area contributed by atoms with E-state index < -0.39 is 10.0 Å². The molecule has 0 fully saturated rings. The lowest BCUT2D eigenvalue weighted by molar-refractivity contribution is 1.02.